The van der Waals surface area contributed by atoms with Crippen molar-refractivity contribution in [1.29, 1.82) is 0 Å². The molecule has 2 N–H and O–H groups in total. The number of rotatable bonds is 2. The van der Waals surface area contributed by atoms with Crippen LogP contribution >= 0.6 is 15.9 Å². The Bertz CT molecular complexity index is 591. The summed E-state index contributed by atoms with van der Waals surface area (Å²) >= 11 is 2.98. The van der Waals surface area contributed by atoms with Crippen LogP contribution in [0.15, 0.2) is 32.5 Å². The smallest absolute Gasteiger partial charge is 0.225 e. The third-order valence-corrected chi connectivity index (χ3v) is 4.65. The summed E-state index contributed by atoms with van der Waals surface area (Å²) in [5, 5.41) is 4.92. The molecule has 0 unspecified atom stereocenters. The first kappa shape index (κ1) is 12.6. The van der Waals surface area contributed by atoms with Gasteiger partial charge in [-0.3, -0.25) is 0 Å². The molecule has 0 atom stereocenters. The SMILES string of the molecule is CS(=O)(=O)c1ccc(Br)c(S(N)(=O)=O)c1. The van der Waals surface area contributed by atoms with Crippen molar-refractivity contribution in [3.63, 3.8) is 0 Å². The van der Waals surface area contributed by atoms with Crippen molar-refractivity contribution in [3.8, 4) is 0 Å². The van der Waals surface area contributed by atoms with Crippen LogP contribution in [-0.4, -0.2) is 23.1 Å². The molecule has 15 heavy (non-hydrogen) atoms. The van der Waals surface area contributed by atoms with Crippen LogP contribution in [0.25, 0.3) is 0 Å². The molecule has 5 nitrogen and oxygen atoms in total. The van der Waals surface area contributed by atoms with Gasteiger partial charge in [-0.15, -0.1) is 0 Å². The molecular weight excluding hydrogens is 306 g/mol. The number of sulfone groups is 1. The zero-order chi connectivity index (χ0) is 11.9. The van der Waals surface area contributed by atoms with Crippen LogP contribution in [0.5, 0.6) is 0 Å². The van der Waals surface area contributed by atoms with Crippen LogP contribution in [0, 0.1) is 0 Å². The molecule has 84 valence electrons. The molecular formula is C7H8BrNO4S2. The molecule has 0 radical (unpaired) electrons. The van der Waals surface area contributed by atoms with Crippen LogP contribution in [0.4, 0.5) is 0 Å². The van der Waals surface area contributed by atoms with Gasteiger partial charge in [0.2, 0.25) is 10.0 Å². The van der Waals surface area contributed by atoms with Crippen molar-refractivity contribution < 1.29 is 16.8 Å². The van der Waals surface area contributed by atoms with E-state index in [4.69, 9.17) is 5.14 Å². The summed E-state index contributed by atoms with van der Waals surface area (Å²) in [5.41, 5.74) is 0. The van der Waals surface area contributed by atoms with E-state index in [0.717, 1.165) is 12.3 Å². The number of hydrogen-bond donors (Lipinski definition) is 1. The Kier molecular flexibility index (Phi) is 3.24. The Morgan fingerprint density at radius 2 is 1.73 bits per heavy atom. The first-order valence-corrected chi connectivity index (χ1v) is 7.88. The van der Waals surface area contributed by atoms with E-state index in [-0.39, 0.29) is 14.3 Å². The molecule has 0 spiro atoms. The van der Waals surface area contributed by atoms with Crippen LogP contribution in [0.2, 0.25) is 0 Å². The second kappa shape index (κ2) is 3.85. The normalized spacial score (nSPS) is 12.7. The van der Waals surface area contributed by atoms with E-state index in [1.165, 1.54) is 12.1 Å². The van der Waals surface area contributed by atoms with Crippen molar-refractivity contribution in [2.75, 3.05) is 6.26 Å². The molecule has 0 aromatic heterocycles. The number of nitrogens with two attached hydrogens (primary N) is 1. The van der Waals surface area contributed by atoms with Gasteiger partial charge in [0.25, 0.3) is 0 Å². The zero-order valence-electron chi connectivity index (χ0n) is 7.64. The topological polar surface area (TPSA) is 94.3 Å². The fourth-order valence-corrected chi connectivity index (χ4v) is 3.21. The van der Waals surface area contributed by atoms with E-state index in [0.29, 0.717) is 0 Å². The predicted octanol–water partition coefficient (Wildman–Crippen LogP) is 0.500. The Hall–Kier alpha value is -0.440. The summed E-state index contributed by atoms with van der Waals surface area (Å²) in [5.74, 6) is 0. The van der Waals surface area contributed by atoms with E-state index in [2.05, 4.69) is 15.9 Å². The van der Waals surface area contributed by atoms with Crippen molar-refractivity contribution >= 4 is 35.8 Å². The lowest BCUT2D eigenvalue weighted by atomic mass is 10.4. The molecule has 1 aromatic carbocycles. The van der Waals surface area contributed by atoms with E-state index < -0.39 is 19.9 Å². The monoisotopic (exact) mass is 313 g/mol. The molecule has 0 fully saturated rings. The summed E-state index contributed by atoms with van der Waals surface area (Å²) in [6.07, 6.45) is 0.989. The van der Waals surface area contributed by atoms with Crippen molar-refractivity contribution in [2.45, 2.75) is 9.79 Å². The molecule has 0 bridgehead atoms. The molecule has 1 rings (SSSR count). The summed E-state index contributed by atoms with van der Waals surface area (Å²) in [6.45, 7) is 0. The van der Waals surface area contributed by atoms with Gasteiger partial charge in [-0.1, -0.05) is 0 Å². The fraction of sp³-hybridized carbons (Fsp3) is 0.143. The van der Waals surface area contributed by atoms with Gasteiger partial charge in [0.15, 0.2) is 9.84 Å². The number of primary sulfonamides is 1. The lowest BCUT2D eigenvalue weighted by Crippen LogP contribution is -2.13. The number of halogens is 1. The highest BCUT2D eigenvalue weighted by Crippen LogP contribution is 2.23. The zero-order valence-corrected chi connectivity index (χ0v) is 10.9. The molecule has 0 saturated carbocycles. The van der Waals surface area contributed by atoms with Crippen molar-refractivity contribution in [2.24, 2.45) is 5.14 Å². The maximum absolute atomic E-state index is 11.2. The van der Waals surface area contributed by atoms with Crippen molar-refractivity contribution in [3.05, 3.63) is 22.7 Å². The maximum Gasteiger partial charge on any atom is 0.239 e. The Balaban J connectivity index is 3.57. The van der Waals surface area contributed by atoms with Gasteiger partial charge in [-0.05, 0) is 34.1 Å². The minimum Gasteiger partial charge on any atom is -0.225 e. The van der Waals surface area contributed by atoms with Crippen LogP contribution < -0.4 is 5.14 Å². The first-order chi connectivity index (χ1) is 6.62. The number of benzene rings is 1. The quantitative estimate of drug-likeness (QED) is 0.860. The second-order valence-electron chi connectivity index (χ2n) is 2.91. The predicted molar refractivity (Wildman–Crippen MR) is 58.6 cm³/mol. The van der Waals surface area contributed by atoms with Gasteiger partial charge in [-0.2, -0.15) is 0 Å². The van der Waals surface area contributed by atoms with Crippen molar-refractivity contribution in [1.82, 2.24) is 0 Å². The Morgan fingerprint density at radius 3 is 2.13 bits per heavy atom. The minimum absolute atomic E-state index is 0.0882. The standard InChI is InChI=1S/C7H8BrNO4S2/c1-14(10,11)5-2-3-6(8)7(4-5)15(9,12)13/h2-4H,1H3,(H2,9,12,13). The molecule has 0 saturated heterocycles. The van der Waals surface area contributed by atoms with Gasteiger partial charge in [0.1, 0.15) is 0 Å². The molecule has 1 aromatic rings. The average Bonchev–Trinajstić information content (AvgIpc) is 2.00. The first-order valence-electron chi connectivity index (χ1n) is 3.65. The summed E-state index contributed by atoms with van der Waals surface area (Å²) in [7, 11) is -7.37. The Morgan fingerprint density at radius 1 is 1.20 bits per heavy atom. The van der Waals surface area contributed by atoms with Gasteiger partial charge in [0.05, 0.1) is 9.79 Å². The summed E-state index contributed by atoms with van der Waals surface area (Å²) in [4.78, 5) is -0.333. The lowest BCUT2D eigenvalue weighted by Gasteiger charge is -2.04. The van der Waals surface area contributed by atoms with E-state index in [9.17, 15) is 16.8 Å². The molecule has 0 amide bonds. The average molecular weight is 314 g/mol. The number of hydrogen-bond acceptors (Lipinski definition) is 4. The Labute approximate surface area is 96.4 Å². The van der Waals surface area contributed by atoms with Gasteiger partial charge in [0, 0.05) is 10.7 Å². The summed E-state index contributed by atoms with van der Waals surface area (Å²) < 4.78 is 44.8. The third kappa shape index (κ3) is 3.00. The van der Waals surface area contributed by atoms with Crippen LogP contribution in [0.3, 0.4) is 0 Å². The van der Waals surface area contributed by atoms with Gasteiger partial charge in [-0.25, -0.2) is 22.0 Å². The van der Waals surface area contributed by atoms with Crippen LogP contribution in [-0.2, 0) is 19.9 Å². The molecule has 0 aliphatic carbocycles. The molecule has 0 aliphatic heterocycles. The molecule has 8 heteroatoms. The van der Waals surface area contributed by atoms with E-state index in [1.807, 2.05) is 0 Å². The second-order valence-corrected chi connectivity index (χ2v) is 7.31. The van der Waals surface area contributed by atoms with Gasteiger partial charge < -0.3 is 0 Å². The maximum atomic E-state index is 11.2. The third-order valence-electron chi connectivity index (χ3n) is 1.64. The highest BCUT2D eigenvalue weighted by atomic mass is 79.9. The number of sulfonamides is 1. The lowest BCUT2D eigenvalue weighted by molar-refractivity contribution is 0.596. The van der Waals surface area contributed by atoms with Gasteiger partial charge >= 0.3 is 0 Å². The van der Waals surface area contributed by atoms with E-state index in [1.54, 1.807) is 0 Å². The molecule has 0 heterocycles. The van der Waals surface area contributed by atoms with Crippen LogP contribution in [0.1, 0.15) is 0 Å². The fourth-order valence-electron chi connectivity index (χ4n) is 0.932. The van der Waals surface area contributed by atoms with E-state index >= 15 is 0 Å². The highest BCUT2D eigenvalue weighted by molar-refractivity contribution is 9.10. The minimum atomic E-state index is -3.93. The highest BCUT2D eigenvalue weighted by Gasteiger charge is 2.16. The molecule has 0 aliphatic rings. The largest absolute Gasteiger partial charge is 0.239 e. The summed E-state index contributed by atoms with van der Waals surface area (Å²) in [6, 6.07) is 3.65.